The van der Waals surface area contributed by atoms with Crippen LogP contribution in [0.5, 0.6) is 0 Å². The van der Waals surface area contributed by atoms with Crippen LogP contribution in [-0.4, -0.2) is 11.1 Å². The van der Waals surface area contributed by atoms with E-state index in [1.165, 1.54) is 11.3 Å². The van der Waals surface area contributed by atoms with Crippen LogP contribution in [0.2, 0.25) is 0 Å². The normalized spacial score (nSPS) is 13.5. The molecule has 5 aromatic carbocycles. The second-order valence-electron chi connectivity index (χ2n) is 16.5. The molecule has 0 bridgehead atoms. The van der Waals surface area contributed by atoms with Crippen LogP contribution in [0.4, 0.5) is 105 Å². The molecule has 6 rings (SSSR count). The summed E-state index contributed by atoms with van der Waals surface area (Å²) in [5.41, 5.74) is -27.6. The van der Waals surface area contributed by atoms with Crippen molar-refractivity contribution in [3.8, 4) is 0 Å². The van der Waals surface area contributed by atoms with Gasteiger partial charge in [0.2, 0.25) is 5.69 Å². The van der Waals surface area contributed by atoms with E-state index in [1.54, 1.807) is 0 Å². The summed E-state index contributed by atoms with van der Waals surface area (Å²) in [6, 6.07) is 1.69. The van der Waals surface area contributed by atoms with Gasteiger partial charge in [0.25, 0.3) is 0 Å². The van der Waals surface area contributed by atoms with Gasteiger partial charge in [-0.2, -0.15) is 132 Å². The number of aromatic nitrogens is 2. The van der Waals surface area contributed by atoms with Gasteiger partial charge in [-0.1, -0.05) is 92.7 Å². The SMILES string of the molecule is CC(C)c1cncc[n+]1Cc1ccccc1.FC(F)(F)c1cc([B-](c2cc(C(F)(F)F)cc(C(F)(F)F)c2)(c2cc(C(F)(F)F)cc(C(F)(F)F)c2)c2cc(C(F)(F)F)cc(C(F)(F)F)c2)cc(C(F)(F)F)c1. The number of benzene rings is 5. The Labute approximate surface area is 395 Å². The molecule has 0 aliphatic heterocycles. The molecule has 0 radical (unpaired) electrons. The number of hydrogen-bond acceptors (Lipinski definition) is 1. The van der Waals surface area contributed by atoms with Crippen LogP contribution in [0.3, 0.4) is 0 Å². The monoisotopic (exact) mass is 1080 g/mol. The number of hydrogen-bond donors (Lipinski definition) is 0. The Balaban J connectivity index is 0.000000520. The van der Waals surface area contributed by atoms with Crippen LogP contribution in [-0.2, 0) is 56.0 Å². The molecule has 0 spiro atoms. The maximum Gasteiger partial charge on any atom is 0.416 e. The molecule has 0 saturated heterocycles. The predicted octanol–water partition coefficient (Wildman–Crippen LogP) is 13.8. The van der Waals surface area contributed by atoms with Gasteiger partial charge in [-0.15, -0.1) is 0 Å². The minimum absolute atomic E-state index is 0.498. The van der Waals surface area contributed by atoms with Crippen LogP contribution in [0.25, 0.3) is 0 Å². The van der Waals surface area contributed by atoms with E-state index in [0.29, 0.717) is 5.92 Å². The van der Waals surface area contributed by atoms with Crippen molar-refractivity contribution in [1.82, 2.24) is 4.98 Å². The number of halogens is 24. The van der Waals surface area contributed by atoms with Gasteiger partial charge in [0.05, 0.1) is 56.9 Å². The lowest BCUT2D eigenvalue weighted by Gasteiger charge is -2.46. The first kappa shape index (κ1) is 57.5. The molecule has 394 valence electrons. The standard InChI is InChI=1S/C32H12BF24.C14H17N2/c34-25(35,36)13-1-14(26(37,38)39)6-21(5-13)33(22-7-15(27(40,41)42)2-16(8-22)28(43,44)45,23-9-17(29(46,47)48)3-18(10-23)30(49,50)51)24-11-19(31(52,53)54)4-20(12-24)32(55,56)57;1-12(2)14-10-15-8-9-16(14)11-13-6-4-3-5-7-13/h1-12H;3-10,12H,11H2,1-2H3/q-1;+1. The number of nitrogens with zero attached hydrogens (tertiary/aromatic N) is 2. The zero-order valence-corrected chi connectivity index (χ0v) is 36.4. The molecular weight excluding hydrogens is 1050 g/mol. The first-order valence-electron chi connectivity index (χ1n) is 20.3. The molecule has 0 amide bonds. The van der Waals surface area contributed by atoms with E-state index in [1.807, 2.05) is 24.7 Å². The Morgan fingerprint density at radius 2 is 0.630 bits per heavy atom. The van der Waals surface area contributed by atoms with Crippen molar-refractivity contribution in [3.05, 3.63) is 177 Å². The van der Waals surface area contributed by atoms with Gasteiger partial charge in [-0.3, -0.25) is 4.98 Å². The third-order valence-electron chi connectivity index (χ3n) is 11.1. The summed E-state index contributed by atoms with van der Waals surface area (Å²) in [7, 11) is 0. The highest BCUT2D eigenvalue weighted by atomic mass is 19.4. The van der Waals surface area contributed by atoms with E-state index >= 15 is 0 Å². The van der Waals surface area contributed by atoms with E-state index in [9.17, 15) is 105 Å². The molecule has 0 saturated carbocycles. The molecule has 0 atom stereocenters. The zero-order valence-electron chi connectivity index (χ0n) is 36.4. The molecule has 0 fully saturated rings. The van der Waals surface area contributed by atoms with Crippen molar-refractivity contribution < 1.29 is 110 Å². The highest BCUT2D eigenvalue weighted by Crippen LogP contribution is 2.41. The van der Waals surface area contributed by atoms with Crippen molar-refractivity contribution in [2.75, 3.05) is 0 Å². The van der Waals surface area contributed by atoms with Crippen molar-refractivity contribution in [3.63, 3.8) is 0 Å². The van der Waals surface area contributed by atoms with Gasteiger partial charge in [-0.05, 0) is 24.3 Å². The summed E-state index contributed by atoms with van der Waals surface area (Å²) in [5.74, 6) is 0.498. The summed E-state index contributed by atoms with van der Waals surface area (Å²) < 4.78 is 343. The first-order valence-corrected chi connectivity index (χ1v) is 20.3. The third kappa shape index (κ3) is 13.4. The van der Waals surface area contributed by atoms with Crippen molar-refractivity contribution in [2.24, 2.45) is 0 Å². The number of alkyl halides is 24. The molecule has 27 heteroatoms. The lowest BCUT2D eigenvalue weighted by atomic mass is 9.12. The van der Waals surface area contributed by atoms with Crippen LogP contribution in [0.1, 0.15) is 75.5 Å². The second kappa shape index (κ2) is 19.8. The molecule has 0 aliphatic rings. The Hall–Kier alpha value is -6.44. The lowest BCUT2D eigenvalue weighted by molar-refractivity contribution is -0.697. The van der Waals surface area contributed by atoms with Gasteiger partial charge >= 0.3 is 49.4 Å². The van der Waals surface area contributed by atoms with Crippen molar-refractivity contribution >= 4 is 28.0 Å². The first-order chi connectivity index (χ1) is 33.0. The van der Waals surface area contributed by atoms with E-state index < -0.39 is 195 Å². The molecule has 2 nitrogen and oxygen atoms in total. The van der Waals surface area contributed by atoms with Gasteiger partial charge in [0.1, 0.15) is 6.15 Å². The topological polar surface area (TPSA) is 16.8 Å². The maximum absolute atomic E-state index is 14.2. The summed E-state index contributed by atoms with van der Waals surface area (Å²) in [5, 5.41) is 0. The molecule has 0 N–H and O–H groups in total. The average Bonchev–Trinajstić information content (AvgIpc) is 3.24. The van der Waals surface area contributed by atoms with Crippen LogP contribution in [0.15, 0.2) is 122 Å². The largest absolute Gasteiger partial charge is 0.416 e. The van der Waals surface area contributed by atoms with Gasteiger partial charge in [-0.25, -0.2) is 0 Å². The fourth-order valence-corrected chi connectivity index (χ4v) is 7.87. The van der Waals surface area contributed by atoms with Gasteiger partial charge in [0.15, 0.2) is 12.7 Å². The van der Waals surface area contributed by atoms with Gasteiger partial charge < -0.3 is 0 Å². The Morgan fingerprint density at radius 3 is 0.849 bits per heavy atom. The molecule has 0 aliphatic carbocycles. The molecular formula is C46H29BF24N2. The van der Waals surface area contributed by atoms with Crippen molar-refractivity contribution in [2.45, 2.75) is 75.7 Å². The quantitative estimate of drug-likeness (QED) is 0.0884. The van der Waals surface area contributed by atoms with Crippen LogP contribution >= 0.6 is 0 Å². The fourth-order valence-electron chi connectivity index (χ4n) is 7.87. The Morgan fingerprint density at radius 1 is 0.384 bits per heavy atom. The molecule has 1 aromatic heterocycles. The minimum Gasteiger partial charge on any atom is -0.252 e. The highest BCUT2D eigenvalue weighted by Gasteiger charge is 2.47. The van der Waals surface area contributed by atoms with Crippen LogP contribution < -0.4 is 26.4 Å². The number of rotatable bonds is 7. The van der Waals surface area contributed by atoms with E-state index in [4.69, 9.17) is 0 Å². The second-order valence-corrected chi connectivity index (χ2v) is 16.5. The zero-order chi connectivity index (χ0) is 55.3. The smallest absolute Gasteiger partial charge is 0.252 e. The predicted molar refractivity (Wildman–Crippen MR) is 214 cm³/mol. The average molecular weight is 1080 g/mol. The van der Waals surface area contributed by atoms with Crippen molar-refractivity contribution in [1.29, 1.82) is 0 Å². The highest BCUT2D eigenvalue weighted by molar-refractivity contribution is 7.20. The molecule has 6 aromatic rings. The third-order valence-corrected chi connectivity index (χ3v) is 11.1. The summed E-state index contributed by atoms with van der Waals surface area (Å²) in [4.78, 5) is 4.19. The van der Waals surface area contributed by atoms with Crippen LogP contribution in [0, 0.1) is 0 Å². The summed E-state index contributed by atoms with van der Waals surface area (Å²) in [6.07, 6.45) is -49.0. The summed E-state index contributed by atoms with van der Waals surface area (Å²) >= 11 is 0. The van der Waals surface area contributed by atoms with Gasteiger partial charge in [0, 0.05) is 11.5 Å². The maximum atomic E-state index is 14.2. The lowest BCUT2D eigenvalue weighted by Crippen LogP contribution is -2.75. The summed E-state index contributed by atoms with van der Waals surface area (Å²) in [6.45, 7) is 5.30. The van der Waals surface area contributed by atoms with E-state index in [0.717, 1.165) is 6.54 Å². The Kier molecular flexibility index (Phi) is 15.6. The minimum atomic E-state index is -6.13. The van der Waals surface area contributed by atoms with E-state index in [-0.39, 0.29) is 0 Å². The molecule has 0 unspecified atom stereocenters. The molecule has 73 heavy (non-hydrogen) atoms. The Bertz CT molecular complexity index is 2470. The fraction of sp³-hybridized carbons (Fsp3) is 0.261. The molecule has 1 heterocycles. The van der Waals surface area contributed by atoms with E-state index in [2.05, 4.69) is 47.7 Å².